The third-order valence-corrected chi connectivity index (χ3v) is 2.46. The Morgan fingerprint density at radius 2 is 1.88 bits per heavy atom. The van der Waals surface area contributed by atoms with Crippen molar-refractivity contribution in [3.8, 4) is 0 Å². The van der Waals surface area contributed by atoms with Crippen molar-refractivity contribution >= 4 is 0 Å². The monoisotopic (exact) mass is 216 g/mol. The van der Waals surface area contributed by atoms with Crippen LogP contribution in [0.1, 0.15) is 30.1 Å². The van der Waals surface area contributed by atoms with Crippen LogP contribution in [0.2, 0.25) is 0 Å². The zero-order chi connectivity index (χ0) is 11.4. The van der Waals surface area contributed by atoms with E-state index in [2.05, 4.69) is 12.1 Å². The maximum atomic E-state index is 5.73. The lowest BCUT2D eigenvalue weighted by atomic mass is 10.1. The highest BCUT2D eigenvalue weighted by Crippen LogP contribution is 2.27. The molecule has 1 heterocycles. The molecule has 0 aliphatic heterocycles. The Balaban J connectivity index is 2.31. The molecule has 0 fully saturated rings. The Bertz CT molecular complexity index is 431. The molecule has 1 aromatic carbocycles. The molecule has 2 aromatic rings. The van der Waals surface area contributed by atoms with E-state index >= 15 is 0 Å². The van der Waals surface area contributed by atoms with Gasteiger partial charge in [-0.15, -0.1) is 0 Å². The fraction of sp³-hybridized carbons (Fsp3) is 0.286. The van der Waals surface area contributed by atoms with Crippen molar-refractivity contribution in [2.45, 2.75) is 20.0 Å². The van der Waals surface area contributed by atoms with E-state index in [9.17, 15) is 0 Å². The summed E-state index contributed by atoms with van der Waals surface area (Å²) in [6.45, 7) is 4.60. The van der Waals surface area contributed by atoms with Crippen molar-refractivity contribution in [2.24, 2.45) is 0 Å². The predicted molar refractivity (Wildman–Crippen MR) is 63.4 cm³/mol. The molecule has 0 saturated heterocycles. The SMILES string of the molecule is CCOC(c1ccccc1)c1ccc(C)o1. The summed E-state index contributed by atoms with van der Waals surface area (Å²) in [6, 6.07) is 14.1. The largest absolute Gasteiger partial charge is 0.463 e. The first kappa shape index (κ1) is 11.0. The summed E-state index contributed by atoms with van der Waals surface area (Å²) in [5, 5.41) is 0. The van der Waals surface area contributed by atoms with E-state index in [-0.39, 0.29) is 6.10 Å². The van der Waals surface area contributed by atoms with E-state index in [0.717, 1.165) is 17.1 Å². The van der Waals surface area contributed by atoms with Crippen molar-refractivity contribution in [3.05, 3.63) is 59.5 Å². The van der Waals surface area contributed by atoms with E-state index in [1.165, 1.54) is 0 Å². The molecule has 0 saturated carbocycles. The topological polar surface area (TPSA) is 22.4 Å². The standard InChI is InChI=1S/C14H16O2/c1-3-15-14(12-7-5-4-6-8-12)13-10-9-11(2)16-13/h4-10,14H,3H2,1-2H3. The van der Waals surface area contributed by atoms with Gasteiger partial charge in [-0.25, -0.2) is 0 Å². The van der Waals surface area contributed by atoms with Gasteiger partial charge in [0.15, 0.2) is 0 Å². The van der Waals surface area contributed by atoms with Gasteiger partial charge in [-0.2, -0.15) is 0 Å². The Morgan fingerprint density at radius 3 is 2.44 bits per heavy atom. The summed E-state index contributed by atoms with van der Waals surface area (Å²) in [5.74, 6) is 1.78. The highest BCUT2D eigenvalue weighted by Gasteiger charge is 2.17. The smallest absolute Gasteiger partial charge is 0.140 e. The number of aryl methyl sites for hydroxylation is 1. The van der Waals surface area contributed by atoms with E-state index in [1.807, 2.05) is 44.2 Å². The van der Waals surface area contributed by atoms with Crippen molar-refractivity contribution < 1.29 is 9.15 Å². The number of furan rings is 1. The van der Waals surface area contributed by atoms with Crippen LogP contribution in [-0.2, 0) is 4.74 Å². The fourth-order valence-corrected chi connectivity index (χ4v) is 1.73. The first-order valence-corrected chi connectivity index (χ1v) is 5.54. The van der Waals surface area contributed by atoms with Crippen LogP contribution in [0.25, 0.3) is 0 Å². The minimum atomic E-state index is -0.0973. The number of benzene rings is 1. The maximum Gasteiger partial charge on any atom is 0.140 e. The van der Waals surface area contributed by atoms with Crippen molar-refractivity contribution in [3.63, 3.8) is 0 Å². The van der Waals surface area contributed by atoms with E-state index in [4.69, 9.17) is 9.15 Å². The molecule has 0 bridgehead atoms. The van der Waals surface area contributed by atoms with Gasteiger partial charge in [0, 0.05) is 6.61 Å². The third kappa shape index (κ3) is 2.34. The normalized spacial score (nSPS) is 12.6. The molecule has 2 nitrogen and oxygen atoms in total. The minimum absolute atomic E-state index is 0.0973. The van der Waals surface area contributed by atoms with Gasteiger partial charge in [0.25, 0.3) is 0 Å². The number of hydrogen-bond acceptors (Lipinski definition) is 2. The first-order valence-electron chi connectivity index (χ1n) is 5.54. The van der Waals surface area contributed by atoms with E-state index < -0.39 is 0 Å². The van der Waals surface area contributed by atoms with Gasteiger partial charge >= 0.3 is 0 Å². The molecule has 0 spiro atoms. The second-order valence-corrected chi connectivity index (χ2v) is 3.69. The van der Waals surface area contributed by atoms with Crippen molar-refractivity contribution in [1.29, 1.82) is 0 Å². The molecular formula is C14H16O2. The molecule has 0 amide bonds. The summed E-state index contributed by atoms with van der Waals surface area (Å²) in [7, 11) is 0. The molecule has 0 aliphatic carbocycles. The lowest BCUT2D eigenvalue weighted by Gasteiger charge is -2.14. The van der Waals surface area contributed by atoms with Crippen LogP contribution in [-0.4, -0.2) is 6.61 Å². The molecule has 1 aromatic heterocycles. The number of hydrogen-bond donors (Lipinski definition) is 0. The van der Waals surface area contributed by atoms with Crippen LogP contribution in [0.5, 0.6) is 0 Å². The van der Waals surface area contributed by atoms with E-state index in [0.29, 0.717) is 6.61 Å². The van der Waals surface area contributed by atoms with Crippen LogP contribution in [0.15, 0.2) is 46.9 Å². The summed E-state index contributed by atoms with van der Waals surface area (Å²) in [4.78, 5) is 0. The summed E-state index contributed by atoms with van der Waals surface area (Å²) in [6.07, 6.45) is -0.0973. The highest BCUT2D eigenvalue weighted by atomic mass is 16.5. The molecule has 0 aliphatic rings. The molecular weight excluding hydrogens is 200 g/mol. The second-order valence-electron chi connectivity index (χ2n) is 3.69. The molecule has 0 N–H and O–H groups in total. The van der Waals surface area contributed by atoms with Gasteiger partial charge in [-0.05, 0) is 31.5 Å². The lowest BCUT2D eigenvalue weighted by molar-refractivity contribution is 0.0747. The molecule has 16 heavy (non-hydrogen) atoms. The van der Waals surface area contributed by atoms with Gasteiger partial charge in [0.1, 0.15) is 17.6 Å². The Kier molecular flexibility index (Phi) is 3.42. The molecule has 1 unspecified atom stereocenters. The lowest BCUT2D eigenvalue weighted by Crippen LogP contribution is -2.04. The van der Waals surface area contributed by atoms with Crippen LogP contribution < -0.4 is 0 Å². The predicted octanol–water partition coefficient (Wildman–Crippen LogP) is 3.71. The zero-order valence-electron chi connectivity index (χ0n) is 9.64. The molecule has 2 rings (SSSR count). The highest BCUT2D eigenvalue weighted by molar-refractivity contribution is 5.25. The molecule has 0 radical (unpaired) electrons. The molecule has 1 atom stereocenters. The van der Waals surface area contributed by atoms with Gasteiger partial charge < -0.3 is 9.15 Å². The fourth-order valence-electron chi connectivity index (χ4n) is 1.73. The van der Waals surface area contributed by atoms with Crippen LogP contribution in [0.3, 0.4) is 0 Å². The summed E-state index contributed by atoms with van der Waals surface area (Å²) in [5.41, 5.74) is 1.12. The molecule has 84 valence electrons. The van der Waals surface area contributed by atoms with Gasteiger partial charge in [0.05, 0.1) is 0 Å². The van der Waals surface area contributed by atoms with Crippen LogP contribution in [0, 0.1) is 6.92 Å². The van der Waals surface area contributed by atoms with Crippen LogP contribution >= 0.6 is 0 Å². The van der Waals surface area contributed by atoms with Crippen molar-refractivity contribution in [2.75, 3.05) is 6.61 Å². The Hall–Kier alpha value is -1.54. The van der Waals surface area contributed by atoms with Crippen molar-refractivity contribution in [1.82, 2.24) is 0 Å². The Labute approximate surface area is 95.9 Å². The van der Waals surface area contributed by atoms with E-state index in [1.54, 1.807) is 0 Å². The van der Waals surface area contributed by atoms with Gasteiger partial charge in [-0.1, -0.05) is 30.3 Å². The second kappa shape index (κ2) is 4.99. The average Bonchev–Trinajstić information content (AvgIpc) is 2.74. The van der Waals surface area contributed by atoms with Crippen LogP contribution in [0.4, 0.5) is 0 Å². The first-order chi connectivity index (χ1) is 7.81. The zero-order valence-corrected chi connectivity index (χ0v) is 9.64. The average molecular weight is 216 g/mol. The minimum Gasteiger partial charge on any atom is -0.463 e. The number of ether oxygens (including phenoxy) is 1. The summed E-state index contributed by atoms with van der Waals surface area (Å²) < 4.78 is 11.4. The van der Waals surface area contributed by atoms with Gasteiger partial charge in [0.2, 0.25) is 0 Å². The number of rotatable bonds is 4. The third-order valence-electron chi connectivity index (χ3n) is 2.46. The Morgan fingerprint density at radius 1 is 1.12 bits per heavy atom. The molecule has 2 heteroatoms. The quantitative estimate of drug-likeness (QED) is 0.777. The maximum absolute atomic E-state index is 5.73. The summed E-state index contributed by atoms with van der Waals surface area (Å²) >= 11 is 0. The van der Waals surface area contributed by atoms with Gasteiger partial charge in [-0.3, -0.25) is 0 Å².